The van der Waals surface area contributed by atoms with E-state index < -0.39 is 18.1 Å². The fourth-order valence-corrected chi connectivity index (χ4v) is 3.90. The molecule has 10 heteroatoms. The fourth-order valence-electron chi connectivity index (χ4n) is 2.93. The lowest BCUT2D eigenvalue weighted by molar-refractivity contribution is -0.122. The minimum atomic E-state index is -0.784. The molecule has 1 heterocycles. The number of fused-ring (bicyclic) bond motifs is 1. The van der Waals surface area contributed by atoms with E-state index in [1.807, 2.05) is 6.26 Å². The molecule has 0 bridgehead atoms. The van der Waals surface area contributed by atoms with Crippen molar-refractivity contribution in [2.75, 3.05) is 22.6 Å². The summed E-state index contributed by atoms with van der Waals surface area (Å²) in [6, 6.07) is 8.71. The second-order valence-corrected chi connectivity index (χ2v) is 8.71. The van der Waals surface area contributed by atoms with E-state index in [4.69, 9.17) is 27.9 Å². The van der Waals surface area contributed by atoms with Crippen molar-refractivity contribution in [1.29, 1.82) is 0 Å². The van der Waals surface area contributed by atoms with Gasteiger partial charge in [0.15, 0.2) is 6.10 Å². The van der Waals surface area contributed by atoms with Crippen molar-refractivity contribution in [3.05, 3.63) is 52.0 Å². The standard InChI is InChI=1S/C21H21Cl2N3O4S/c1-11-19(27)26-17-10-13(4-6-18(17)30-11)24-21(29)16(7-8-31-2)25-20(28)14-5-3-12(22)9-15(14)23/h3-6,9-11,16H,7-8H2,1-2H3,(H,24,29)(H,25,28)(H,26,27)/t11-,16+/m1/s1. The maximum atomic E-state index is 12.9. The third-order valence-electron chi connectivity index (χ3n) is 4.59. The first-order valence-corrected chi connectivity index (χ1v) is 11.6. The number of benzene rings is 2. The van der Waals surface area contributed by atoms with Crippen LogP contribution in [0.3, 0.4) is 0 Å². The Hall–Kier alpha value is -2.42. The molecule has 0 unspecified atom stereocenters. The normalized spacial score (nSPS) is 15.9. The minimum Gasteiger partial charge on any atom is -0.479 e. The van der Waals surface area contributed by atoms with E-state index in [-0.39, 0.29) is 22.4 Å². The van der Waals surface area contributed by atoms with Gasteiger partial charge in [0.05, 0.1) is 16.3 Å². The van der Waals surface area contributed by atoms with Crippen LogP contribution < -0.4 is 20.7 Å². The number of rotatable bonds is 7. The smallest absolute Gasteiger partial charge is 0.265 e. The highest BCUT2D eigenvalue weighted by Gasteiger charge is 2.25. The summed E-state index contributed by atoms with van der Waals surface area (Å²) in [5.74, 6) is 0.0705. The number of ether oxygens (including phenoxy) is 1. The molecule has 3 amide bonds. The van der Waals surface area contributed by atoms with Gasteiger partial charge in [-0.1, -0.05) is 23.2 Å². The van der Waals surface area contributed by atoms with Crippen molar-refractivity contribution < 1.29 is 19.1 Å². The molecule has 7 nitrogen and oxygen atoms in total. The average molecular weight is 482 g/mol. The molecule has 31 heavy (non-hydrogen) atoms. The summed E-state index contributed by atoms with van der Waals surface area (Å²) in [4.78, 5) is 37.4. The van der Waals surface area contributed by atoms with Crippen LogP contribution in [0, 0.1) is 0 Å². The number of carbonyl (C=O) groups excluding carboxylic acids is 3. The van der Waals surface area contributed by atoms with Crippen LogP contribution in [-0.2, 0) is 9.59 Å². The van der Waals surface area contributed by atoms with Gasteiger partial charge in [0.1, 0.15) is 11.8 Å². The molecule has 0 saturated heterocycles. The number of hydrogen-bond acceptors (Lipinski definition) is 5. The minimum absolute atomic E-state index is 0.202. The summed E-state index contributed by atoms with van der Waals surface area (Å²) >= 11 is 13.6. The summed E-state index contributed by atoms with van der Waals surface area (Å²) in [5, 5.41) is 8.87. The first kappa shape index (κ1) is 23.2. The number of hydrogen-bond donors (Lipinski definition) is 3. The van der Waals surface area contributed by atoms with E-state index in [0.29, 0.717) is 34.3 Å². The van der Waals surface area contributed by atoms with E-state index in [1.54, 1.807) is 43.0 Å². The predicted molar refractivity (Wildman–Crippen MR) is 125 cm³/mol. The van der Waals surface area contributed by atoms with E-state index in [9.17, 15) is 14.4 Å². The van der Waals surface area contributed by atoms with Gasteiger partial charge in [0.2, 0.25) is 5.91 Å². The summed E-state index contributed by atoms with van der Waals surface area (Å²) in [5.41, 5.74) is 1.17. The molecule has 0 aromatic heterocycles. The topological polar surface area (TPSA) is 96.5 Å². The Morgan fingerprint density at radius 2 is 2.00 bits per heavy atom. The molecular weight excluding hydrogens is 461 g/mol. The lowest BCUT2D eigenvalue weighted by Crippen LogP contribution is -2.44. The van der Waals surface area contributed by atoms with Gasteiger partial charge in [-0.2, -0.15) is 11.8 Å². The number of nitrogens with one attached hydrogen (secondary N) is 3. The molecule has 164 valence electrons. The quantitative estimate of drug-likeness (QED) is 0.550. The second kappa shape index (κ2) is 10.3. The maximum Gasteiger partial charge on any atom is 0.265 e. The second-order valence-electron chi connectivity index (χ2n) is 6.88. The number of halogens is 2. The van der Waals surface area contributed by atoms with Gasteiger partial charge in [-0.15, -0.1) is 0 Å². The van der Waals surface area contributed by atoms with Crippen LogP contribution in [0.5, 0.6) is 5.75 Å². The summed E-state index contributed by atoms with van der Waals surface area (Å²) in [7, 11) is 0. The van der Waals surface area contributed by atoms with Gasteiger partial charge in [-0.3, -0.25) is 14.4 Å². The number of thioether (sulfide) groups is 1. The Morgan fingerprint density at radius 1 is 1.23 bits per heavy atom. The number of anilines is 2. The third-order valence-corrected chi connectivity index (χ3v) is 5.78. The Morgan fingerprint density at radius 3 is 2.71 bits per heavy atom. The molecule has 1 aliphatic heterocycles. The van der Waals surface area contributed by atoms with Crippen molar-refractivity contribution in [1.82, 2.24) is 5.32 Å². The first-order valence-electron chi connectivity index (χ1n) is 9.45. The van der Waals surface area contributed by atoms with Crippen LogP contribution in [0.2, 0.25) is 10.0 Å². The Labute approximate surface area is 194 Å². The van der Waals surface area contributed by atoms with Gasteiger partial charge in [-0.05, 0) is 61.8 Å². The number of amides is 3. The highest BCUT2D eigenvalue weighted by molar-refractivity contribution is 7.98. The van der Waals surface area contributed by atoms with Crippen LogP contribution in [-0.4, -0.2) is 41.9 Å². The summed E-state index contributed by atoms with van der Waals surface area (Å²) in [6.45, 7) is 1.65. The van der Waals surface area contributed by atoms with Crippen molar-refractivity contribution >= 4 is 64.1 Å². The van der Waals surface area contributed by atoms with Crippen molar-refractivity contribution in [2.45, 2.75) is 25.5 Å². The zero-order chi connectivity index (χ0) is 22.5. The lowest BCUT2D eigenvalue weighted by atomic mass is 10.1. The zero-order valence-corrected chi connectivity index (χ0v) is 19.2. The van der Waals surface area contributed by atoms with Crippen LogP contribution >= 0.6 is 35.0 Å². The predicted octanol–water partition coefficient (Wildman–Crippen LogP) is 4.20. The van der Waals surface area contributed by atoms with Crippen LogP contribution in [0.15, 0.2) is 36.4 Å². The molecular formula is C21H21Cl2N3O4S. The fraction of sp³-hybridized carbons (Fsp3) is 0.286. The van der Waals surface area contributed by atoms with Gasteiger partial charge >= 0.3 is 0 Å². The van der Waals surface area contributed by atoms with Gasteiger partial charge in [0, 0.05) is 10.7 Å². The SMILES string of the molecule is CSCC[C@H](NC(=O)c1ccc(Cl)cc1Cl)C(=O)Nc1ccc2c(c1)NC(=O)[C@@H](C)O2. The monoisotopic (exact) mass is 481 g/mol. The lowest BCUT2D eigenvalue weighted by Gasteiger charge is -2.24. The molecule has 0 spiro atoms. The van der Waals surface area contributed by atoms with E-state index in [0.717, 1.165) is 0 Å². The Kier molecular flexibility index (Phi) is 7.69. The zero-order valence-electron chi connectivity index (χ0n) is 16.8. The summed E-state index contributed by atoms with van der Waals surface area (Å²) < 4.78 is 5.52. The first-order chi connectivity index (χ1) is 14.8. The van der Waals surface area contributed by atoms with Gasteiger partial charge in [0.25, 0.3) is 11.8 Å². The third kappa shape index (κ3) is 5.84. The Bertz CT molecular complexity index is 1020. The molecule has 2 aromatic carbocycles. The molecule has 3 N–H and O–H groups in total. The molecule has 2 aromatic rings. The molecule has 2 atom stereocenters. The molecule has 0 aliphatic carbocycles. The van der Waals surface area contributed by atoms with Crippen LogP contribution in [0.4, 0.5) is 11.4 Å². The van der Waals surface area contributed by atoms with Crippen LogP contribution in [0.1, 0.15) is 23.7 Å². The highest BCUT2D eigenvalue weighted by atomic mass is 35.5. The van der Waals surface area contributed by atoms with Gasteiger partial charge < -0.3 is 20.7 Å². The van der Waals surface area contributed by atoms with Gasteiger partial charge in [-0.25, -0.2) is 0 Å². The van der Waals surface area contributed by atoms with Crippen molar-refractivity contribution in [2.24, 2.45) is 0 Å². The van der Waals surface area contributed by atoms with Crippen LogP contribution in [0.25, 0.3) is 0 Å². The molecule has 3 rings (SSSR count). The highest BCUT2D eigenvalue weighted by Crippen LogP contribution is 2.32. The molecule has 0 radical (unpaired) electrons. The van der Waals surface area contributed by atoms with E-state index in [2.05, 4.69) is 16.0 Å². The van der Waals surface area contributed by atoms with Crippen molar-refractivity contribution in [3.63, 3.8) is 0 Å². The van der Waals surface area contributed by atoms with E-state index in [1.165, 1.54) is 12.1 Å². The molecule has 0 fully saturated rings. The molecule has 0 saturated carbocycles. The number of carbonyl (C=O) groups is 3. The Balaban J connectivity index is 1.73. The molecule has 1 aliphatic rings. The van der Waals surface area contributed by atoms with Crippen molar-refractivity contribution in [3.8, 4) is 5.75 Å². The average Bonchev–Trinajstić information content (AvgIpc) is 2.71. The largest absolute Gasteiger partial charge is 0.479 e. The maximum absolute atomic E-state index is 12.9. The van der Waals surface area contributed by atoms with E-state index >= 15 is 0 Å². The summed E-state index contributed by atoms with van der Waals surface area (Å²) in [6.07, 6.45) is 1.76.